The number of hydrogen-bond acceptors (Lipinski definition) is 2. The van der Waals surface area contributed by atoms with Crippen LogP contribution in [0.3, 0.4) is 0 Å². The first-order valence-electron chi connectivity index (χ1n) is 4.24. The lowest BCUT2D eigenvalue weighted by atomic mass is 10.2. The fourth-order valence-corrected chi connectivity index (χ4v) is 1.32. The second-order valence-corrected chi connectivity index (χ2v) is 4.09. The van der Waals surface area contributed by atoms with E-state index in [0.29, 0.717) is 5.69 Å². The van der Waals surface area contributed by atoms with E-state index >= 15 is 0 Å². The van der Waals surface area contributed by atoms with Crippen LogP contribution in [0.15, 0.2) is 27.7 Å². The Bertz CT molecular complexity index is 402. The summed E-state index contributed by atoms with van der Waals surface area (Å²) >= 11 is 3.27. The Kier molecular flexibility index (Phi) is 3.85. The van der Waals surface area contributed by atoms with Gasteiger partial charge in [-0.15, -0.1) is 0 Å². The predicted molar refractivity (Wildman–Crippen MR) is 62.9 cm³/mol. The fraction of sp³-hybridized carbons (Fsp3) is 0.200. The van der Waals surface area contributed by atoms with E-state index in [1.807, 2.05) is 14.1 Å². The lowest BCUT2D eigenvalue weighted by Gasteiger charge is -2.04. The highest BCUT2D eigenvalue weighted by atomic mass is 79.9. The summed E-state index contributed by atoms with van der Waals surface area (Å²) in [6.45, 7) is 0. The van der Waals surface area contributed by atoms with E-state index in [9.17, 15) is 4.79 Å². The monoisotopic (exact) mass is 270 g/mol. The van der Waals surface area contributed by atoms with Crippen molar-refractivity contribution in [2.45, 2.75) is 0 Å². The molecule has 4 nitrogen and oxygen atoms in total. The van der Waals surface area contributed by atoms with Gasteiger partial charge in [-0.2, -0.15) is 0 Å². The molecule has 0 atom stereocenters. The van der Waals surface area contributed by atoms with Gasteiger partial charge in [0.05, 0.1) is 17.6 Å². The standard InChI is InChI=1S/C10H11BrN2O2/c1-13(2)6-12-9-5-7(11)3-4-8(9)10(14)15/h3-6H,1-2H3,(H,14,15)/b12-6+. The number of hydrogen-bond donors (Lipinski definition) is 1. The van der Waals surface area contributed by atoms with Crippen molar-refractivity contribution in [3.05, 3.63) is 28.2 Å². The summed E-state index contributed by atoms with van der Waals surface area (Å²) in [5.41, 5.74) is 0.627. The van der Waals surface area contributed by atoms with Crippen molar-refractivity contribution in [1.82, 2.24) is 4.90 Å². The van der Waals surface area contributed by atoms with Crippen LogP contribution in [-0.2, 0) is 0 Å². The van der Waals surface area contributed by atoms with Gasteiger partial charge in [0.2, 0.25) is 0 Å². The molecular weight excluding hydrogens is 260 g/mol. The van der Waals surface area contributed by atoms with Gasteiger partial charge >= 0.3 is 5.97 Å². The minimum atomic E-state index is -0.978. The molecule has 80 valence electrons. The normalized spacial score (nSPS) is 10.6. The first kappa shape index (κ1) is 11.7. The summed E-state index contributed by atoms with van der Waals surface area (Å²) in [4.78, 5) is 16.7. The summed E-state index contributed by atoms with van der Waals surface area (Å²) in [6.07, 6.45) is 1.56. The maximum atomic E-state index is 10.9. The van der Waals surface area contributed by atoms with E-state index in [0.717, 1.165) is 4.47 Å². The first-order chi connectivity index (χ1) is 7.00. The second-order valence-electron chi connectivity index (χ2n) is 3.17. The molecule has 0 radical (unpaired) electrons. The molecule has 0 aromatic heterocycles. The Morgan fingerprint density at radius 3 is 2.73 bits per heavy atom. The molecule has 0 spiro atoms. The molecule has 0 amide bonds. The van der Waals surface area contributed by atoms with Gasteiger partial charge in [-0.3, -0.25) is 0 Å². The molecule has 0 saturated heterocycles. The minimum Gasteiger partial charge on any atom is -0.478 e. The molecule has 5 heteroatoms. The number of nitrogens with zero attached hydrogens (tertiary/aromatic N) is 2. The van der Waals surface area contributed by atoms with Gasteiger partial charge in [-0.25, -0.2) is 9.79 Å². The van der Waals surface area contributed by atoms with E-state index < -0.39 is 5.97 Å². The number of carbonyl (C=O) groups is 1. The molecular formula is C10H11BrN2O2. The van der Waals surface area contributed by atoms with Crippen molar-refractivity contribution >= 4 is 33.9 Å². The number of carboxylic acids is 1. The van der Waals surface area contributed by atoms with Crippen LogP contribution in [0.25, 0.3) is 0 Å². The fourth-order valence-electron chi connectivity index (χ4n) is 0.970. The average molecular weight is 271 g/mol. The number of aliphatic imine (C=N–C) groups is 1. The summed E-state index contributed by atoms with van der Waals surface area (Å²) < 4.78 is 0.804. The van der Waals surface area contributed by atoms with Gasteiger partial charge in [-0.1, -0.05) is 15.9 Å². The number of rotatable bonds is 3. The third kappa shape index (κ3) is 3.36. The highest BCUT2D eigenvalue weighted by Crippen LogP contribution is 2.23. The van der Waals surface area contributed by atoms with Crippen LogP contribution in [0, 0.1) is 0 Å². The van der Waals surface area contributed by atoms with Crippen LogP contribution in [0.2, 0.25) is 0 Å². The molecule has 1 aromatic carbocycles. The summed E-state index contributed by atoms with van der Waals surface area (Å²) in [5, 5.41) is 8.92. The van der Waals surface area contributed by atoms with Crippen molar-refractivity contribution < 1.29 is 9.90 Å². The van der Waals surface area contributed by atoms with Gasteiger partial charge in [0.15, 0.2) is 0 Å². The van der Waals surface area contributed by atoms with Crippen molar-refractivity contribution in [1.29, 1.82) is 0 Å². The van der Waals surface area contributed by atoms with Crippen molar-refractivity contribution in [2.75, 3.05) is 14.1 Å². The van der Waals surface area contributed by atoms with Gasteiger partial charge in [-0.05, 0) is 18.2 Å². The maximum absolute atomic E-state index is 10.9. The largest absolute Gasteiger partial charge is 0.478 e. The predicted octanol–water partition coefficient (Wildman–Crippen LogP) is 2.37. The van der Waals surface area contributed by atoms with E-state index in [2.05, 4.69) is 20.9 Å². The van der Waals surface area contributed by atoms with Crippen molar-refractivity contribution in [2.24, 2.45) is 4.99 Å². The van der Waals surface area contributed by atoms with E-state index in [1.54, 1.807) is 23.4 Å². The first-order valence-corrected chi connectivity index (χ1v) is 5.03. The molecule has 0 aliphatic heterocycles. The Labute approximate surface area is 96.4 Å². The third-order valence-electron chi connectivity index (χ3n) is 1.62. The van der Waals surface area contributed by atoms with Crippen LogP contribution in [0.1, 0.15) is 10.4 Å². The van der Waals surface area contributed by atoms with Crippen molar-refractivity contribution in [3.8, 4) is 0 Å². The maximum Gasteiger partial charge on any atom is 0.337 e. The van der Waals surface area contributed by atoms with Gasteiger partial charge in [0, 0.05) is 18.6 Å². The zero-order valence-corrected chi connectivity index (χ0v) is 10.0. The summed E-state index contributed by atoms with van der Waals surface area (Å²) in [5.74, 6) is -0.978. The molecule has 0 aliphatic rings. The Hall–Kier alpha value is -1.36. The number of carboxylic acid groups (broad SMARTS) is 1. The SMILES string of the molecule is CN(C)/C=N/c1cc(Br)ccc1C(=O)O. The highest BCUT2D eigenvalue weighted by Gasteiger charge is 2.08. The quantitative estimate of drug-likeness (QED) is 0.678. The highest BCUT2D eigenvalue weighted by molar-refractivity contribution is 9.10. The Morgan fingerprint density at radius 2 is 2.20 bits per heavy atom. The van der Waals surface area contributed by atoms with E-state index in [1.165, 1.54) is 6.07 Å². The topological polar surface area (TPSA) is 52.9 Å². The number of aromatic carboxylic acids is 1. The lowest BCUT2D eigenvalue weighted by molar-refractivity contribution is 0.0698. The van der Waals surface area contributed by atoms with Crippen LogP contribution >= 0.6 is 15.9 Å². The Balaban J connectivity index is 3.13. The second kappa shape index (κ2) is 4.93. The smallest absolute Gasteiger partial charge is 0.337 e. The number of benzene rings is 1. The molecule has 0 fully saturated rings. The van der Waals surface area contributed by atoms with Gasteiger partial charge in [0.1, 0.15) is 0 Å². The molecule has 1 N–H and O–H groups in total. The Morgan fingerprint density at radius 1 is 1.53 bits per heavy atom. The molecule has 1 rings (SSSR count). The van der Waals surface area contributed by atoms with Crippen LogP contribution < -0.4 is 0 Å². The molecule has 15 heavy (non-hydrogen) atoms. The summed E-state index contributed by atoms with van der Waals surface area (Å²) in [7, 11) is 3.64. The van der Waals surface area contributed by atoms with Crippen LogP contribution in [0.4, 0.5) is 5.69 Å². The van der Waals surface area contributed by atoms with E-state index in [4.69, 9.17) is 5.11 Å². The summed E-state index contributed by atoms with van der Waals surface area (Å²) in [6, 6.07) is 4.87. The van der Waals surface area contributed by atoms with Crippen LogP contribution in [-0.4, -0.2) is 36.4 Å². The third-order valence-corrected chi connectivity index (χ3v) is 2.11. The zero-order chi connectivity index (χ0) is 11.4. The average Bonchev–Trinajstić information content (AvgIpc) is 2.14. The molecule has 0 bridgehead atoms. The molecule has 1 aromatic rings. The van der Waals surface area contributed by atoms with Crippen LogP contribution in [0.5, 0.6) is 0 Å². The molecule has 0 unspecified atom stereocenters. The molecule has 0 aliphatic carbocycles. The van der Waals surface area contributed by atoms with Gasteiger partial charge in [0.25, 0.3) is 0 Å². The lowest BCUT2D eigenvalue weighted by Crippen LogP contribution is -2.07. The van der Waals surface area contributed by atoms with Gasteiger partial charge < -0.3 is 10.0 Å². The molecule has 0 heterocycles. The van der Waals surface area contributed by atoms with E-state index in [-0.39, 0.29) is 5.56 Å². The zero-order valence-electron chi connectivity index (χ0n) is 8.44. The molecule has 0 saturated carbocycles. The van der Waals surface area contributed by atoms with Crippen molar-refractivity contribution in [3.63, 3.8) is 0 Å². The number of halogens is 1. The minimum absolute atomic E-state index is 0.191.